The van der Waals surface area contributed by atoms with Gasteiger partial charge in [-0.3, -0.25) is 14.8 Å². The number of thioether (sulfide) groups is 2. The fourth-order valence-corrected chi connectivity index (χ4v) is 7.45. The predicted molar refractivity (Wildman–Crippen MR) is 139 cm³/mol. The molecule has 1 aromatic heterocycles. The SMILES string of the molecule is COC1=C(C#Cc2cnn(C)c2NC(=O)OC(C)c2ccccc2)SC2C=C(C3(C(=O)O)CC3)SC12. The number of nitrogens with one attached hydrogen (secondary N) is 1. The molecule has 186 valence electrons. The minimum absolute atomic E-state index is 0.0112. The van der Waals surface area contributed by atoms with Crippen molar-refractivity contribution in [1.29, 1.82) is 0 Å². The summed E-state index contributed by atoms with van der Waals surface area (Å²) < 4.78 is 12.8. The van der Waals surface area contributed by atoms with Crippen LogP contribution in [0.15, 0.2) is 58.2 Å². The summed E-state index contributed by atoms with van der Waals surface area (Å²) in [6, 6.07) is 9.50. The number of carboxylic acids is 1. The van der Waals surface area contributed by atoms with Gasteiger partial charge in [-0.1, -0.05) is 48.2 Å². The number of carboxylic acid groups (broad SMARTS) is 1. The number of hydrogen-bond donors (Lipinski definition) is 2. The summed E-state index contributed by atoms with van der Waals surface area (Å²) in [6.45, 7) is 1.81. The lowest BCUT2D eigenvalue weighted by Gasteiger charge is -2.14. The fraction of sp³-hybridized carbons (Fsp3) is 0.346. The zero-order valence-electron chi connectivity index (χ0n) is 20.0. The van der Waals surface area contributed by atoms with E-state index in [0.717, 1.165) is 21.1 Å². The van der Waals surface area contributed by atoms with Crippen molar-refractivity contribution < 1.29 is 24.2 Å². The molecule has 10 heteroatoms. The number of carbonyl (C=O) groups is 2. The summed E-state index contributed by atoms with van der Waals surface area (Å²) in [4.78, 5) is 26.0. The third-order valence-electron chi connectivity index (χ3n) is 6.48. The average molecular weight is 524 g/mol. The Morgan fingerprint density at radius 1 is 1.25 bits per heavy atom. The van der Waals surface area contributed by atoms with Crippen LogP contribution in [0.25, 0.3) is 0 Å². The van der Waals surface area contributed by atoms with Gasteiger partial charge in [0, 0.05) is 17.2 Å². The topological polar surface area (TPSA) is 103 Å². The first-order valence-corrected chi connectivity index (χ1v) is 13.2. The maximum absolute atomic E-state index is 12.5. The highest BCUT2D eigenvalue weighted by Gasteiger charge is 2.57. The van der Waals surface area contributed by atoms with Crippen molar-refractivity contribution in [3.05, 3.63) is 69.3 Å². The van der Waals surface area contributed by atoms with Gasteiger partial charge in [0.1, 0.15) is 17.7 Å². The number of aryl methyl sites for hydroxylation is 1. The lowest BCUT2D eigenvalue weighted by Crippen LogP contribution is -2.18. The van der Waals surface area contributed by atoms with E-state index < -0.39 is 23.6 Å². The van der Waals surface area contributed by atoms with E-state index in [1.165, 1.54) is 4.68 Å². The molecular weight excluding hydrogens is 498 g/mol. The van der Waals surface area contributed by atoms with Crippen LogP contribution < -0.4 is 5.32 Å². The maximum Gasteiger partial charge on any atom is 0.413 e. The Morgan fingerprint density at radius 2 is 2.00 bits per heavy atom. The van der Waals surface area contributed by atoms with Gasteiger partial charge in [0.05, 0.1) is 34.4 Å². The van der Waals surface area contributed by atoms with Gasteiger partial charge in [-0.2, -0.15) is 5.10 Å². The van der Waals surface area contributed by atoms with E-state index in [2.05, 4.69) is 28.3 Å². The van der Waals surface area contributed by atoms with E-state index in [1.807, 2.05) is 37.3 Å². The molecule has 1 aromatic carbocycles. The number of methoxy groups -OCH3 is 1. The van der Waals surface area contributed by atoms with Crippen molar-refractivity contribution in [3.63, 3.8) is 0 Å². The average Bonchev–Trinajstić information content (AvgIpc) is 3.33. The number of rotatable bonds is 6. The number of allylic oxidation sites excluding steroid dienone is 1. The Hall–Kier alpha value is -3.29. The van der Waals surface area contributed by atoms with Gasteiger partial charge in [0.15, 0.2) is 0 Å². The number of benzene rings is 1. The molecular formula is C26H25N3O5S2. The molecule has 1 amide bonds. The summed E-state index contributed by atoms with van der Waals surface area (Å²) >= 11 is 3.15. The van der Waals surface area contributed by atoms with Gasteiger partial charge in [-0.25, -0.2) is 4.79 Å². The third kappa shape index (κ3) is 4.49. The smallest absolute Gasteiger partial charge is 0.413 e. The van der Waals surface area contributed by atoms with E-state index >= 15 is 0 Å². The first kappa shape index (κ1) is 24.4. The van der Waals surface area contributed by atoms with Gasteiger partial charge >= 0.3 is 12.1 Å². The first-order chi connectivity index (χ1) is 17.3. The molecule has 0 bridgehead atoms. The Labute approximate surface area is 217 Å². The van der Waals surface area contributed by atoms with E-state index in [0.29, 0.717) is 24.2 Å². The number of nitrogens with zero attached hydrogens (tertiary/aromatic N) is 2. The Balaban J connectivity index is 1.29. The second-order valence-electron chi connectivity index (χ2n) is 8.80. The molecule has 8 nitrogen and oxygen atoms in total. The van der Waals surface area contributed by atoms with Crippen LogP contribution in [0.3, 0.4) is 0 Å². The molecule has 1 fully saturated rings. The third-order valence-corrected chi connectivity index (χ3v) is 9.41. The molecule has 36 heavy (non-hydrogen) atoms. The zero-order valence-corrected chi connectivity index (χ0v) is 21.6. The summed E-state index contributed by atoms with van der Waals surface area (Å²) in [5, 5.41) is 16.7. The molecule has 3 atom stereocenters. The summed E-state index contributed by atoms with van der Waals surface area (Å²) in [7, 11) is 3.33. The van der Waals surface area contributed by atoms with Crippen molar-refractivity contribution in [2.24, 2.45) is 12.5 Å². The van der Waals surface area contributed by atoms with Crippen LogP contribution in [0, 0.1) is 17.3 Å². The molecule has 2 aromatic rings. The van der Waals surface area contributed by atoms with Crippen LogP contribution in [0.1, 0.15) is 37.0 Å². The van der Waals surface area contributed by atoms with E-state index in [4.69, 9.17) is 9.47 Å². The minimum Gasteiger partial charge on any atom is -0.498 e. The number of amides is 1. The molecule has 5 rings (SSSR count). The zero-order chi connectivity index (χ0) is 25.4. The molecule has 1 saturated carbocycles. The van der Waals surface area contributed by atoms with Crippen molar-refractivity contribution in [3.8, 4) is 11.8 Å². The molecule has 3 unspecified atom stereocenters. The van der Waals surface area contributed by atoms with Crippen molar-refractivity contribution in [2.45, 2.75) is 36.4 Å². The van der Waals surface area contributed by atoms with Gasteiger partial charge in [0.2, 0.25) is 0 Å². The van der Waals surface area contributed by atoms with Crippen molar-refractivity contribution in [2.75, 3.05) is 12.4 Å². The first-order valence-electron chi connectivity index (χ1n) is 11.5. The number of aromatic nitrogens is 2. The Bertz CT molecular complexity index is 1330. The van der Waals surface area contributed by atoms with Crippen LogP contribution >= 0.6 is 23.5 Å². The highest BCUT2D eigenvalue weighted by molar-refractivity contribution is 8.09. The van der Waals surface area contributed by atoms with E-state index in [9.17, 15) is 14.7 Å². The van der Waals surface area contributed by atoms with E-state index in [1.54, 1.807) is 43.9 Å². The fourth-order valence-electron chi connectivity index (χ4n) is 4.24. The molecule has 3 aliphatic rings. The molecule has 2 N–H and O–H groups in total. The number of hydrogen-bond acceptors (Lipinski definition) is 7. The normalized spacial score (nSPS) is 22.1. The number of anilines is 1. The number of fused-ring (bicyclic) bond motifs is 1. The molecule has 2 aliphatic heterocycles. The van der Waals surface area contributed by atoms with Crippen LogP contribution in [-0.4, -0.2) is 44.6 Å². The maximum atomic E-state index is 12.5. The molecule has 1 aliphatic carbocycles. The molecule has 0 radical (unpaired) electrons. The lowest BCUT2D eigenvalue weighted by molar-refractivity contribution is -0.141. The number of aliphatic carboxylic acids is 1. The van der Waals surface area contributed by atoms with Crippen LogP contribution in [0.4, 0.5) is 10.6 Å². The molecule has 0 saturated heterocycles. The van der Waals surface area contributed by atoms with Crippen molar-refractivity contribution in [1.82, 2.24) is 9.78 Å². The Kier molecular flexibility index (Phi) is 6.53. The van der Waals surface area contributed by atoms with Crippen LogP contribution in [0.2, 0.25) is 0 Å². The number of ether oxygens (including phenoxy) is 2. The molecule has 3 heterocycles. The monoisotopic (exact) mass is 523 g/mol. The second kappa shape index (κ2) is 9.64. The largest absolute Gasteiger partial charge is 0.498 e. The second-order valence-corrected chi connectivity index (χ2v) is 11.2. The van der Waals surface area contributed by atoms with Crippen LogP contribution in [-0.2, 0) is 21.3 Å². The quantitative estimate of drug-likeness (QED) is 0.515. The summed E-state index contributed by atoms with van der Waals surface area (Å²) in [5.41, 5.74) is 0.740. The minimum atomic E-state index is -0.748. The van der Waals surface area contributed by atoms with Gasteiger partial charge in [-0.05, 0) is 25.3 Å². The summed E-state index contributed by atoms with van der Waals surface area (Å²) in [6.07, 6.45) is 4.02. The van der Waals surface area contributed by atoms with Crippen LogP contribution in [0.5, 0.6) is 0 Å². The summed E-state index contributed by atoms with van der Waals surface area (Å²) in [5.74, 6) is 6.72. The van der Waals surface area contributed by atoms with Gasteiger partial charge in [-0.15, -0.1) is 23.5 Å². The Morgan fingerprint density at radius 3 is 2.67 bits per heavy atom. The van der Waals surface area contributed by atoms with Gasteiger partial charge < -0.3 is 14.6 Å². The predicted octanol–water partition coefficient (Wildman–Crippen LogP) is 4.92. The van der Waals surface area contributed by atoms with E-state index in [-0.39, 0.29) is 10.5 Å². The highest BCUT2D eigenvalue weighted by Crippen LogP contribution is 2.63. The van der Waals surface area contributed by atoms with Crippen molar-refractivity contribution >= 4 is 41.4 Å². The van der Waals surface area contributed by atoms with Gasteiger partial charge in [0.25, 0.3) is 0 Å². The number of carbonyl (C=O) groups excluding carboxylic acids is 1. The molecule has 0 spiro atoms. The lowest BCUT2D eigenvalue weighted by atomic mass is 10.1. The highest BCUT2D eigenvalue weighted by atomic mass is 32.2. The standard InChI is InChI=1S/C26H25N3O5S2/c1-15(16-7-5-4-6-8-16)34-25(32)28-23-17(14-27-29(23)2)9-10-18-21(33-3)22-19(35-18)13-20(36-22)26(11-12-26)24(30)31/h4-8,13-15,19,22H,11-12H2,1-3H3,(H,28,32)(H,30,31).